The van der Waals surface area contributed by atoms with E-state index < -0.39 is 22.8 Å². The Morgan fingerprint density at radius 2 is 1.75 bits per heavy atom. The van der Waals surface area contributed by atoms with Crippen LogP contribution in [0.5, 0.6) is 5.75 Å². The van der Waals surface area contributed by atoms with Gasteiger partial charge in [-0.1, -0.05) is 0 Å². The predicted octanol–water partition coefficient (Wildman–Crippen LogP) is 3.35. The van der Waals surface area contributed by atoms with Crippen molar-refractivity contribution in [2.24, 2.45) is 11.3 Å². The number of aromatic nitrogens is 1. The first-order valence-corrected chi connectivity index (χ1v) is 12.4. The highest BCUT2D eigenvalue weighted by Gasteiger charge is 2.37. The fourth-order valence-electron chi connectivity index (χ4n) is 5.14. The van der Waals surface area contributed by atoms with Crippen molar-refractivity contribution in [1.82, 2.24) is 14.8 Å². The first-order chi connectivity index (χ1) is 17.3. The fraction of sp³-hybridized carbons (Fsp3) is 0.538. The molecule has 1 aliphatic carbocycles. The second-order valence-electron chi connectivity index (χ2n) is 10.2. The Kier molecular flexibility index (Phi) is 6.18. The highest BCUT2D eigenvalue weighted by atomic mass is 19.1. The van der Waals surface area contributed by atoms with Gasteiger partial charge in [0.05, 0.1) is 29.8 Å². The highest BCUT2D eigenvalue weighted by molar-refractivity contribution is 6.08. The molecular weight excluding hydrogens is 468 g/mol. The highest BCUT2D eigenvalue weighted by Crippen LogP contribution is 2.40. The van der Waals surface area contributed by atoms with Crippen LogP contribution >= 0.6 is 0 Å². The maximum absolute atomic E-state index is 15.1. The Balaban J connectivity index is 1.51. The van der Waals surface area contributed by atoms with Crippen LogP contribution in [0.15, 0.2) is 12.3 Å². The number of methoxy groups -OCH3 is 1. The van der Waals surface area contributed by atoms with E-state index in [4.69, 9.17) is 4.74 Å². The molecule has 190 valence electrons. The molecule has 0 N–H and O–H groups in total. The van der Waals surface area contributed by atoms with Crippen molar-refractivity contribution in [3.8, 4) is 11.8 Å². The standard InChI is InChI=1S/C26H29F2N5O3/c1-26(15-29)5-7-31(8-6-26)22-17-13-19(27)23(36-2)20(28)21(17)30-14-18(22)25(35)33-11-9-32(10-12-33)24(34)16-3-4-16/h13-14,16H,3-12H2,1-2H3. The Bertz CT molecular complexity index is 1260. The van der Waals surface area contributed by atoms with Crippen LogP contribution in [-0.2, 0) is 4.79 Å². The number of rotatable bonds is 4. The van der Waals surface area contributed by atoms with Gasteiger partial charge in [0.25, 0.3) is 5.91 Å². The van der Waals surface area contributed by atoms with Gasteiger partial charge in [-0.25, -0.2) is 8.78 Å². The van der Waals surface area contributed by atoms with Gasteiger partial charge in [0.1, 0.15) is 5.52 Å². The summed E-state index contributed by atoms with van der Waals surface area (Å²) in [5.41, 5.74) is 0.109. The largest absolute Gasteiger partial charge is 0.491 e. The van der Waals surface area contributed by atoms with Gasteiger partial charge in [-0.15, -0.1) is 0 Å². The maximum Gasteiger partial charge on any atom is 0.257 e. The van der Waals surface area contributed by atoms with Crippen LogP contribution in [0.1, 0.15) is 43.0 Å². The molecule has 1 aromatic heterocycles. The van der Waals surface area contributed by atoms with E-state index in [1.165, 1.54) is 19.4 Å². The molecule has 0 spiro atoms. The zero-order chi connectivity index (χ0) is 25.6. The number of halogens is 2. The van der Waals surface area contributed by atoms with Gasteiger partial charge in [0.2, 0.25) is 5.91 Å². The lowest BCUT2D eigenvalue weighted by molar-refractivity contribution is -0.134. The van der Waals surface area contributed by atoms with Crippen molar-refractivity contribution in [2.45, 2.75) is 32.6 Å². The second-order valence-corrected chi connectivity index (χ2v) is 10.2. The number of nitriles is 1. The summed E-state index contributed by atoms with van der Waals surface area (Å²) >= 11 is 0. The van der Waals surface area contributed by atoms with Crippen LogP contribution in [0.2, 0.25) is 0 Å². The van der Waals surface area contributed by atoms with E-state index in [1.807, 2.05) is 16.7 Å². The summed E-state index contributed by atoms with van der Waals surface area (Å²) in [4.78, 5) is 35.7. The summed E-state index contributed by atoms with van der Waals surface area (Å²) in [7, 11) is 1.19. The number of fused-ring (bicyclic) bond motifs is 1. The molecule has 5 rings (SSSR count). The minimum atomic E-state index is -0.918. The molecule has 36 heavy (non-hydrogen) atoms. The number of nitrogens with zero attached hydrogens (tertiary/aromatic N) is 5. The Morgan fingerprint density at radius 3 is 2.33 bits per heavy atom. The van der Waals surface area contributed by atoms with Crippen LogP contribution in [-0.4, -0.2) is 73.0 Å². The minimum Gasteiger partial charge on any atom is -0.491 e. The molecule has 0 bridgehead atoms. The summed E-state index contributed by atoms with van der Waals surface area (Å²) in [6, 6.07) is 3.52. The monoisotopic (exact) mass is 497 g/mol. The number of anilines is 1. The molecule has 2 amide bonds. The van der Waals surface area contributed by atoms with Crippen molar-refractivity contribution in [2.75, 3.05) is 51.3 Å². The number of carbonyl (C=O) groups is 2. The Morgan fingerprint density at radius 1 is 1.11 bits per heavy atom. The van der Waals surface area contributed by atoms with Crippen molar-refractivity contribution in [1.29, 1.82) is 5.26 Å². The first kappa shape index (κ1) is 24.2. The van der Waals surface area contributed by atoms with Gasteiger partial charge in [-0.05, 0) is 38.7 Å². The van der Waals surface area contributed by atoms with Crippen LogP contribution < -0.4 is 9.64 Å². The summed E-state index contributed by atoms with van der Waals surface area (Å²) in [6.07, 6.45) is 4.33. The normalized spacial score (nSPS) is 19.8. The van der Waals surface area contributed by atoms with E-state index in [2.05, 4.69) is 11.1 Å². The molecule has 10 heteroatoms. The van der Waals surface area contributed by atoms with Gasteiger partial charge in [-0.2, -0.15) is 5.26 Å². The average molecular weight is 498 g/mol. The molecule has 2 aliphatic heterocycles. The van der Waals surface area contributed by atoms with Crippen molar-refractivity contribution < 1.29 is 23.1 Å². The number of hydrogen-bond donors (Lipinski definition) is 0. The number of amides is 2. The molecule has 3 fully saturated rings. The van der Waals surface area contributed by atoms with E-state index in [1.54, 1.807) is 4.90 Å². The van der Waals surface area contributed by atoms with Crippen LogP contribution in [0.3, 0.4) is 0 Å². The lowest BCUT2D eigenvalue weighted by Crippen LogP contribution is -2.51. The molecule has 8 nitrogen and oxygen atoms in total. The molecule has 0 atom stereocenters. The van der Waals surface area contributed by atoms with E-state index in [-0.39, 0.29) is 34.2 Å². The molecule has 1 saturated carbocycles. The van der Waals surface area contributed by atoms with Crippen molar-refractivity contribution in [3.05, 3.63) is 29.5 Å². The molecule has 3 aliphatic rings. The SMILES string of the molecule is COc1c(F)cc2c(N3CCC(C)(C#N)CC3)c(C(=O)N3CCN(C(=O)C4CC4)CC3)cnc2c1F. The van der Waals surface area contributed by atoms with Crippen molar-refractivity contribution >= 4 is 28.4 Å². The van der Waals surface area contributed by atoms with Gasteiger partial charge in [0.15, 0.2) is 17.4 Å². The molecule has 0 radical (unpaired) electrons. The van der Waals surface area contributed by atoms with Gasteiger partial charge in [0, 0.05) is 56.8 Å². The number of pyridine rings is 1. The first-order valence-electron chi connectivity index (χ1n) is 12.4. The third-order valence-electron chi connectivity index (χ3n) is 7.68. The molecular formula is C26H29F2N5O3. The van der Waals surface area contributed by atoms with Gasteiger partial charge in [-0.3, -0.25) is 14.6 Å². The summed E-state index contributed by atoms with van der Waals surface area (Å²) in [5, 5.41) is 9.73. The van der Waals surface area contributed by atoms with Crippen LogP contribution in [0.4, 0.5) is 14.5 Å². The second kappa shape index (κ2) is 9.19. The third-order valence-corrected chi connectivity index (χ3v) is 7.68. The summed E-state index contributed by atoms with van der Waals surface area (Å²) in [6.45, 7) is 4.50. The van der Waals surface area contributed by atoms with E-state index in [0.29, 0.717) is 57.8 Å². The average Bonchev–Trinajstić information content (AvgIpc) is 3.74. The predicted molar refractivity (Wildman–Crippen MR) is 129 cm³/mol. The zero-order valence-corrected chi connectivity index (χ0v) is 20.5. The number of hydrogen-bond acceptors (Lipinski definition) is 6. The lowest BCUT2D eigenvalue weighted by atomic mass is 9.81. The lowest BCUT2D eigenvalue weighted by Gasteiger charge is -2.39. The number of ether oxygens (including phenoxy) is 1. The fourth-order valence-corrected chi connectivity index (χ4v) is 5.14. The summed E-state index contributed by atoms with van der Waals surface area (Å²) in [5.74, 6) is -2.32. The smallest absolute Gasteiger partial charge is 0.257 e. The molecule has 2 aromatic rings. The number of piperidine rings is 1. The number of benzene rings is 1. The summed E-state index contributed by atoms with van der Waals surface area (Å²) < 4.78 is 34.8. The van der Waals surface area contributed by atoms with Crippen LogP contribution in [0, 0.1) is 34.3 Å². The minimum absolute atomic E-state index is 0.0757. The zero-order valence-electron chi connectivity index (χ0n) is 20.5. The number of piperazine rings is 1. The van der Waals surface area contributed by atoms with E-state index >= 15 is 4.39 Å². The number of carbonyl (C=O) groups excluding carboxylic acids is 2. The Hall–Kier alpha value is -3.48. The van der Waals surface area contributed by atoms with Gasteiger partial charge < -0.3 is 19.4 Å². The van der Waals surface area contributed by atoms with Gasteiger partial charge >= 0.3 is 0 Å². The van der Waals surface area contributed by atoms with Crippen LogP contribution in [0.25, 0.3) is 10.9 Å². The molecule has 1 aromatic carbocycles. The molecule has 2 saturated heterocycles. The van der Waals surface area contributed by atoms with E-state index in [9.17, 15) is 19.2 Å². The topological polar surface area (TPSA) is 89.8 Å². The third kappa shape index (κ3) is 4.21. The molecule has 3 heterocycles. The maximum atomic E-state index is 15.1. The quantitative estimate of drug-likeness (QED) is 0.644. The van der Waals surface area contributed by atoms with E-state index in [0.717, 1.165) is 12.8 Å². The van der Waals surface area contributed by atoms with Crippen molar-refractivity contribution in [3.63, 3.8) is 0 Å². The Labute approximate surface area is 208 Å². The molecule has 0 unspecified atom stereocenters.